The fourth-order valence-corrected chi connectivity index (χ4v) is 8.44. The third-order valence-corrected chi connectivity index (χ3v) is 10.1. The summed E-state index contributed by atoms with van der Waals surface area (Å²) in [5, 5.41) is 0. The highest BCUT2D eigenvalue weighted by molar-refractivity contribution is 7.99. The fraction of sp³-hybridized carbons (Fsp3) is 0.760. The molecule has 0 amide bonds. The predicted molar refractivity (Wildman–Crippen MR) is 117 cm³/mol. The van der Waals surface area contributed by atoms with Gasteiger partial charge in [-0.1, -0.05) is 38.2 Å². The van der Waals surface area contributed by atoms with E-state index in [4.69, 9.17) is 0 Å². The van der Waals surface area contributed by atoms with E-state index in [2.05, 4.69) is 20.4 Å². The van der Waals surface area contributed by atoms with Crippen molar-refractivity contribution >= 4 is 11.8 Å². The molecule has 3 fully saturated rings. The summed E-state index contributed by atoms with van der Waals surface area (Å²) in [6.45, 7) is 10.5. The molecule has 0 nitrogen and oxygen atoms in total. The minimum atomic E-state index is -1.30. The van der Waals surface area contributed by atoms with Crippen LogP contribution in [-0.2, 0) is 0 Å². The lowest BCUT2D eigenvalue weighted by molar-refractivity contribution is -0.137. The molecule has 3 saturated carbocycles. The molecule has 156 valence electrons. The normalized spacial score (nSPS) is 49.8. The van der Waals surface area contributed by atoms with E-state index in [1.165, 1.54) is 6.42 Å². The van der Waals surface area contributed by atoms with Crippen molar-refractivity contribution in [1.29, 1.82) is 0 Å². The van der Waals surface area contributed by atoms with Gasteiger partial charge in [-0.25, -0.2) is 8.78 Å². The summed E-state index contributed by atoms with van der Waals surface area (Å²) in [7, 11) is 0. The lowest BCUT2D eigenvalue weighted by atomic mass is 9.46. The van der Waals surface area contributed by atoms with Gasteiger partial charge in [0.15, 0.2) is 0 Å². The second kappa shape index (κ2) is 7.29. The minimum absolute atomic E-state index is 0.153. The molecule has 0 saturated heterocycles. The van der Waals surface area contributed by atoms with Gasteiger partial charge in [-0.05, 0) is 79.9 Å². The zero-order valence-electron chi connectivity index (χ0n) is 17.7. The predicted octanol–water partition coefficient (Wildman–Crippen LogP) is 7.33. The Hall–Kier alpha value is -0.570. The van der Waals surface area contributed by atoms with Crippen LogP contribution in [0.1, 0.15) is 59.3 Å². The molecule has 0 spiro atoms. The van der Waals surface area contributed by atoms with Crippen LogP contribution in [0.5, 0.6) is 0 Å². The van der Waals surface area contributed by atoms with Crippen molar-refractivity contribution in [3.63, 3.8) is 0 Å². The molecule has 0 heterocycles. The first-order valence-corrected chi connectivity index (χ1v) is 12.3. The third kappa shape index (κ3) is 2.81. The van der Waals surface area contributed by atoms with Gasteiger partial charge in [0, 0.05) is 17.1 Å². The Labute approximate surface area is 174 Å². The third-order valence-electron chi connectivity index (χ3n) is 9.10. The molecule has 0 aliphatic heterocycles. The monoisotopic (exact) mass is 406 g/mol. The first-order chi connectivity index (χ1) is 13.3. The van der Waals surface area contributed by atoms with Crippen LogP contribution in [0.4, 0.5) is 8.78 Å². The highest BCUT2D eigenvalue weighted by atomic mass is 32.2. The van der Waals surface area contributed by atoms with Crippen molar-refractivity contribution in [2.24, 2.45) is 34.5 Å². The van der Waals surface area contributed by atoms with Gasteiger partial charge in [-0.3, -0.25) is 0 Å². The van der Waals surface area contributed by atoms with Crippen molar-refractivity contribution in [3.8, 4) is 0 Å². The van der Waals surface area contributed by atoms with Gasteiger partial charge < -0.3 is 0 Å². The van der Waals surface area contributed by atoms with Crippen molar-refractivity contribution in [2.75, 3.05) is 11.5 Å². The number of rotatable bonds is 5. The standard InChI is InChI=1S/C25H36F2S/c1-5-13-28-14-9-18-17(2)15-20-21-16-22(26)19-8-6-7-10-24(19,4)25(21,27)12-11-23(18,20)3/h5,7-8,10,17-18,20-22H,1,6,9,11-16H2,2-4H3/t17-,18+,20+,21+,22?,23-,24+,25-/m1/s1. The maximum atomic E-state index is 16.9. The Morgan fingerprint density at radius 2 is 2.04 bits per heavy atom. The second-order valence-corrected chi connectivity index (χ2v) is 11.4. The first-order valence-electron chi connectivity index (χ1n) is 11.2. The molecule has 28 heavy (non-hydrogen) atoms. The quantitative estimate of drug-likeness (QED) is 0.340. The van der Waals surface area contributed by atoms with Crippen molar-refractivity contribution in [2.45, 2.75) is 71.1 Å². The number of halogens is 2. The summed E-state index contributed by atoms with van der Waals surface area (Å²) in [6.07, 6.45) is 11.9. The van der Waals surface area contributed by atoms with E-state index in [1.807, 2.05) is 43.0 Å². The molecule has 3 heteroatoms. The van der Waals surface area contributed by atoms with E-state index in [9.17, 15) is 0 Å². The van der Waals surface area contributed by atoms with Gasteiger partial charge in [-0.15, -0.1) is 6.58 Å². The Kier molecular flexibility index (Phi) is 5.39. The van der Waals surface area contributed by atoms with Crippen LogP contribution in [-0.4, -0.2) is 23.3 Å². The van der Waals surface area contributed by atoms with Crippen LogP contribution in [0.3, 0.4) is 0 Å². The van der Waals surface area contributed by atoms with Gasteiger partial charge in [0.2, 0.25) is 0 Å². The van der Waals surface area contributed by atoms with Crippen LogP contribution in [0, 0.1) is 34.5 Å². The molecule has 0 aromatic rings. The number of fused-ring (bicyclic) bond motifs is 5. The zero-order valence-corrected chi connectivity index (χ0v) is 18.5. The molecule has 0 bridgehead atoms. The van der Waals surface area contributed by atoms with E-state index >= 15 is 8.78 Å². The minimum Gasteiger partial charge on any atom is -0.243 e. The number of thioether (sulfide) groups is 1. The Morgan fingerprint density at radius 1 is 1.25 bits per heavy atom. The summed E-state index contributed by atoms with van der Waals surface area (Å²) >= 11 is 1.95. The number of allylic oxidation sites excluding steroid dienone is 4. The molecular formula is C25H36F2S. The SMILES string of the molecule is C=CCSCC[C@H]1[C@H](C)C[C@H]2[C@@H]3CC(F)C4=CCC=C[C@]4(C)[C@@]3(F)CC[C@]12C. The number of hydrogen-bond donors (Lipinski definition) is 0. The summed E-state index contributed by atoms with van der Waals surface area (Å²) in [6, 6.07) is 0. The maximum absolute atomic E-state index is 16.9. The van der Waals surface area contributed by atoms with Crippen LogP contribution >= 0.6 is 11.8 Å². The molecular weight excluding hydrogens is 370 g/mol. The molecule has 0 aromatic carbocycles. The summed E-state index contributed by atoms with van der Waals surface area (Å²) in [5.41, 5.74) is -1.17. The van der Waals surface area contributed by atoms with Crippen LogP contribution in [0.25, 0.3) is 0 Å². The average molecular weight is 407 g/mol. The van der Waals surface area contributed by atoms with Gasteiger partial charge in [0.05, 0.1) is 0 Å². The first kappa shape index (κ1) is 20.7. The van der Waals surface area contributed by atoms with Crippen molar-refractivity contribution < 1.29 is 8.78 Å². The van der Waals surface area contributed by atoms with Crippen molar-refractivity contribution in [3.05, 3.63) is 36.5 Å². The molecule has 4 rings (SSSR count). The fourth-order valence-electron chi connectivity index (χ4n) is 7.68. The summed E-state index contributed by atoms with van der Waals surface area (Å²) < 4.78 is 32.1. The summed E-state index contributed by atoms with van der Waals surface area (Å²) in [5.74, 6) is 3.53. The molecule has 4 aliphatic carbocycles. The average Bonchev–Trinajstić information content (AvgIpc) is 2.92. The van der Waals surface area contributed by atoms with Gasteiger partial charge in [0.1, 0.15) is 11.8 Å². The van der Waals surface area contributed by atoms with E-state index in [0.29, 0.717) is 30.6 Å². The van der Waals surface area contributed by atoms with Gasteiger partial charge >= 0.3 is 0 Å². The van der Waals surface area contributed by atoms with Crippen LogP contribution in [0.15, 0.2) is 36.5 Å². The molecule has 4 aliphatic rings. The molecule has 0 aromatic heterocycles. The van der Waals surface area contributed by atoms with Crippen molar-refractivity contribution in [1.82, 2.24) is 0 Å². The van der Waals surface area contributed by atoms with E-state index in [-0.39, 0.29) is 11.3 Å². The topological polar surface area (TPSA) is 0 Å². The molecule has 0 radical (unpaired) electrons. The molecule has 8 atom stereocenters. The highest BCUT2D eigenvalue weighted by Crippen LogP contribution is 2.70. The second-order valence-electron chi connectivity index (χ2n) is 10.3. The van der Waals surface area contributed by atoms with E-state index < -0.39 is 17.3 Å². The zero-order chi connectivity index (χ0) is 20.2. The van der Waals surface area contributed by atoms with Gasteiger partial charge in [0.25, 0.3) is 0 Å². The van der Waals surface area contributed by atoms with Crippen LogP contribution < -0.4 is 0 Å². The smallest absolute Gasteiger partial charge is 0.126 e. The lowest BCUT2D eigenvalue weighted by Crippen LogP contribution is -2.61. The largest absolute Gasteiger partial charge is 0.243 e. The Morgan fingerprint density at radius 3 is 2.79 bits per heavy atom. The Balaban J connectivity index is 1.62. The number of alkyl halides is 2. The van der Waals surface area contributed by atoms with Gasteiger partial charge in [-0.2, -0.15) is 11.8 Å². The number of hydrogen-bond acceptors (Lipinski definition) is 1. The summed E-state index contributed by atoms with van der Waals surface area (Å²) in [4.78, 5) is 0. The maximum Gasteiger partial charge on any atom is 0.126 e. The Bertz CT molecular complexity index is 684. The lowest BCUT2D eigenvalue weighted by Gasteiger charge is -2.61. The van der Waals surface area contributed by atoms with E-state index in [1.54, 1.807) is 0 Å². The molecule has 1 unspecified atom stereocenters. The molecule has 0 N–H and O–H groups in total. The van der Waals surface area contributed by atoms with Crippen LogP contribution in [0.2, 0.25) is 0 Å². The van der Waals surface area contributed by atoms with E-state index in [0.717, 1.165) is 36.3 Å². The highest BCUT2D eigenvalue weighted by Gasteiger charge is 2.68.